The predicted octanol–water partition coefficient (Wildman–Crippen LogP) is 22.3. The minimum Gasteiger partial charge on any atom is -0.379 e. The molecule has 0 amide bonds. The first-order chi connectivity index (χ1) is 55.7. The van der Waals surface area contributed by atoms with Gasteiger partial charge in [-0.3, -0.25) is 49.0 Å². The Labute approximate surface area is 716 Å². The van der Waals surface area contributed by atoms with Crippen LogP contribution in [0.3, 0.4) is 0 Å². The Morgan fingerprint density at radius 1 is 0.390 bits per heavy atom. The second kappa shape index (κ2) is 61.2. The Morgan fingerprint density at radius 3 is 1.29 bits per heavy atom. The quantitative estimate of drug-likeness (QED) is 0.103. The number of hydrogen-bond donors (Lipinski definition) is 2. The summed E-state index contributed by atoms with van der Waals surface area (Å²) in [4.78, 5) is 27.7. The highest BCUT2D eigenvalue weighted by molar-refractivity contribution is 5.24. The van der Waals surface area contributed by atoms with E-state index in [1.165, 1.54) is 76.4 Å². The van der Waals surface area contributed by atoms with Crippen molar-refractivity contribution in [3.63, 3.8) is 0 Å². The van der Waals surface area contributed by atoms with Gasteiger partial charge in [-0.1, -0.05) is 139 Å². The highest BCUT2D eigenvalue weighted by atomic mass is 16.5. The summed E-state index contributed by atoms with van der Waals surface area (Å²) >= 11 is 0. The molecule has 0 spiro atoms. The van der Waals surface area contributed by atoms with Crippen LogP contribution in [0.15, 0.2) is 191 Å². The molecule has 2 aliphatic heterocycles. The first-order valence-electron chi connectivity index (χ1n) is 43.1. The van der Waals surface area contributed by atoms with Crippen LogP contribution < -0.4 is 4.57 Å². The molecule has 0 unspecified atom stereocenters. The van der Waals surface area contributed by atoms with Crippen LogP contribution in [0, 0.1) is 34.6 Å². The molecule has 13 rings (SSSR count). The Hall–Kier alpha value is -9.15. The minimum absolute atomic E-state index is 0.485. The Kier molecular flexibility index (Phi) is 55.4. The number of hydrogen-bond acceptors (Lipinski definition) is 14. The van der Waals surface area contributed by atoms with Crippen molar-refractivity contribution in [1.29, 1.82) is 0 Å². The fourth-order valence-corrected chi connectivity index (χ4v) is 10.5. The average Bonchev–Trinajstić information content (AvgIpc) is 0.940. The molecular formula is C97H161N20O+. The number of imidazole rings is 1. The van der Waals surface area contributed by atoms with E-state index in [9.17, 15) is 0 Å². The highest BCUT2D eigenvalue weighted by Crippen LogP contribution is 2.18. The number of aromatic nitrogens is 17. The van der Waals surface area contributed by atoms with E-state index in [0.717, 1.165) is 49.4 Å². The molecular weight excluding hydrogens is 1460 g/mol. The maximum Gasteiger partial charge on any atom is 0.190 e. The number of ether oxygens (including phenoxy) is 1. The van der Waals surface area contributed by atoms with Crippen LogP contribution in [0.5, 0.6) is 0 Å². The number of morpholine rings is 1. The summed E-state index contributed by atoms with van der Waals surface area (Å²) in [6.07, 6.45) is 36.2. The molecule has 0 radical (unpaired) electrons. The fraction of sp³-hybridized carbons (Fsp3) is 0.557. The second-order valence-electron chi connectivity index (χ2n) is 33.9. The normalized spacial score (nSPS) is 12.5. The van der Waals surface area contributed by atoms with Gasteiger partial charge in [0.05, 0.1) is 50.0 Å². The second-order valence-corrected chi connectivity index (χ2v) is 33.9. The van der Waals surface area contributed by atoms with Crippen molar-refractivity contribution in [2.24, 2.45) is 7.05 Å². The van der Waals surface area contributed by atoms with E-state index in [4.69, 9.17) is 4.74 Å². The van der Waals surface area contributed by atoms with Crippen LogP contribution in [0.25, 0.3) is 0 Å². The van der Waals surface area contributed by atoms with E-state index in [2.05, 4.69) is 321 Å². The van der Waals surface area contributed by atoms with Crippen molar-refractivity contribution >= 4 is 0 Å². The van der Waals surface area contributed by atoms with Gasteiger partial charge in [0.1, 0.15) is 5.69 Å². The van der Waals surface area contributed by atoms with Crippen LogP contribution in [0.1, 0.15) is 313 Å². The van der Waals surface area contributed by atoms with Gasteiger partial charge in [0.25, 0.3) is 0 Å². The minimum atomic E-state index is 0.485. The van der Waals surface area contributed by atoms with Crippen molar-refractivity contribution in [3.8, 4) is 0 Å². The Balaban J connectivity index is 0.000000640. The third kappa shape index (κ3) is 49.9. The van der Waals surface area contributed by atoms with Gasteiger partial charge in [-0.15, -0.1) is 0 Å². The molecule has 654 valence electrons. The zero-order valence-electron chi connectivity index (χ0n) is 79.5. The zero-order valence-corrected chi connectivity index (χ0v) is 79.5. The van der Waals surface area contributed by atoms with Crippen molar-refractivity contribution in [1.82, 2.24) is 93.9 Å². The average molecular weight is 1620 g/mol. The number of aryl methyl sites for hydroxylation is 6. The number of nitrogens with one attached hydrogen (secondary N) is 2. The summed E-state index contributed by atoms with van der Waals surface area (Å²) in [5.74, 6) is 4.21. The van der Waals surface area contributed by atoms with Gasteiger partial charge in [-0.25, -0.2) is 9.97 Å². The van der Waals surface area contributed by atoms with E-state index >= 15 is 0 Å². The molecule has 2 saturated heterocycles. The van der Waals surface area contributed by atoms with Crippen molar-refractivity contribution in [3.05, 3.63) is 258 Å². The monoisotopic (exact) mass is 1620 g/mol. The van der Waals surface area contributed by atoms with E-state index in [1.54, 1.807) is 18.6 Å². The summed E-state index contributed by atoms with van der Waals surface area (Å²) in [5.41, 5.74) is 15.0. The van der Waals surface area contributed by atoms with Gasteiger partial charge >= 0.3 is 0 Å². The Bertz CT molecular complexity index is 3790. The maximum absolute atomic E-state index is 5.21. The molecule has 10 aromatic heterocycles. The molecule has 1 aromatic carbocycles. The lowest BCUT2D eigenvalue weighted by Gasteiger charge is -2.34. The molecule has 11 aromatic rings. The smallest absolute Gasteiger partial charge is 0.190 e. The van der Waals surface area contributed by atoms with E-state index in [0.29, 0.717) is 71.6 Å². The maximum atomic E-state index is 5.21. The molecule has 12 heterocycles. The largest absolute Gasteiger partial charge is 0.379 e. The van der Waals surface area contributed by atoms with Gasteiger partial charge in [-0.2, -0.15) is 30.1 Å². The lowest BCUT2D eigenvalue weighted by molar-refractivity contribution is -0.717. The number of benzene rings is 1. The number of rotatable bonds is 13. The predicted molar refractivity (Wildman–Crippen MR) is 496 cm³/mol. The summed E-state index contributed by atoms with van der Waals surface area (Å²) in [5, 5.41) is 25.5. The molecule has 21 heteroatoms. The molecule has 2 N–H and O–H groups in total. The molecule has 21 nitrogen and oxygen atoms in total. The number of H-pyrrole nitrogens is 2. The third-order valence-electron chi connectivity index (χ3n) is 18.9. The molecule has 0 bridgehead atoms. The first-order valence-corrected chi connectivity index (χ1v) is 43.1. The van der Waals surface area contributed by atoms with Gasteiger partial charge in [0, 0.05) is 162 Å². The van der Waals surface area contributed by atoms with Crippen molar-refractivity contribution in [2.45, 2.75) is 292 Å². The van der Waals surface area contributed by atoms with Gasteiger partial charge in [0.15, 0.2) is 18.4 Å². The summed E-state index contributed by atoms with van der Waals surface area (Å²) < 4.78 is 15.1. The Morgan fingerprint density at radius 2 is 0.975 bits per heavy atom. The van der Waals surface area contributed by atoms with Crippen molar-refractivity contribution in [2.75, 3.05) is 59.5 Å². The zero-order chi connectivity index (χ0) is 88.8. The van der Waals surface area contributed by atoms with E-state index in [1.807, 2.05) is 178 Å². The van der Waals surface area contributed by atoms with Gasteiger partial charge < -0.3 is 14.2 Å². The van der Waals surface area contributed by atoms with E-state index in [-0.39, 0.29) is 0 Å². The molecule has 118 heavy (non-hydrogen) atoms. The van der Waals surface area contributed by atoms with Crippen LogP contribution in [0.4, 0.5) is 0 Å². The van der Waals surface area contributed by atoms with Gasteiger partial charge in [-0.05, 0) is 242 Å². The molecule has 0 atom stereocenters. The standard InChI is InChI=1S/C10H14.C9H13N.C8H18N2.C8H13N2.2C8H11N.3C7H12N2.C7H15NO.3C6H10N2/c1-8(2)10-6-4-5-9(3)7-10;1-7(2)9-5-4-8(3)10-6-9;1-8(2)10-6-4-9(3)5-7-10;1-7(2)10-5-4-9-8(3)6-10;1-7(2)8-3-5-9-6-4-8;1-7(2)8-4-3-5-9-6-8;1-6(2)7-4-8-9(3)5-7;1-6(2)9-4-7(3)8-5-9;1-6(2)9-5-7(3)4-8-9;1-7(2)8-3-5-9-6-4-8;1-5(2)6-3-7-8-4-6;1-6(2)8-5-3-4-7-8;1-5(2)6-3-4-7-8-6/h4-8H,1-3H3;4-7H,1-3H3;8H,4-7H2,1-3H3;4-7H,1-3H3;2*3-7H,1-2H3;3*4-6H,1-3H3;7H,3-6H2,1-2H3;3-5H,1-2H3,(H,7,8);3-6H,1-2H3;3-5H,1-2H3,(H,7,8)/q;;;+1;;;;;;;;;. The highest BCUT2D eigenvalue weighted by Gasteiger charge is 2.16. The van der Waals surface area contributed by atoms with Gasteiger partial charge in [0.2, 0.25) is 0 Å². The molecule has 0 aliphatic carbocycles. The lowest BCUT2D eigenvalue weighted by atomic mass is 10.0. The summed E-state index contributed by atoms with van der Waals surface area (Å²) in [7, 11) is 4.13. The fourth-order valence-electron chi connectivity index (χ4n) is 10.5. The molecule has 2 aliphatic rings. The summed E-state index contributed by atoms with van der Waals surface area (Å²) in [6.45, 7) is 75.5. The van der Waals surface area contributed by atoms with Crippen LogP contribution in [-0.4, -0.2) is 166 Å². The van der Waals surface area contributed by atoms with Crippen molar-refractivity contribution < 1.29 is 9.30 Å². The number of aromatic amines is 2. The SMILES string of the molecule is CC(C)N1CCN(C)CC1.CC(C)N1CCOCC1.CC(C)c1cccnc1.CC(C)c1ccn[nH]1.CC(C)c1ccncc1.CC(C)c1cn[nH]c1.CC(C)c1cnn(C)c1.CC(C)n1cccn1.Cc1c[n+](C(C)C)ccn1.Cc1ccc(C(C)C)cn1.Cc1cccc(C(C)C)c1.Cc1cn(C(C)C)cn1.Cc1cnn(C(C)C)c1. The van der Waals surface area contributed by atoms with Crippen LogP contribution >= 0.6 is 0 Å². The lowest BCUT2D eigenvalue weighted by Crippen LogP contribution is -2.47. The van der Waals surface area contributed by atoms with Crippen LogP contribution in [0.2, 0.25) is 0 Å². The summed E-state index contributed by atoms with van der Waals surface area (Å²) in [6, 6.07) is 28.4. The van der Waals surface area contributed by atoms with Crippen LogP contribution in [-0.2, 0) is 11.8 Å². The van der Waals surface area contributed by atoms with E-state index < -0.39 is 0 Å². The number of nitrogens with zero attached hydrogens (tertiary/aromatic N) is 18. The topological polar surface area (TPSA) is 203 Å². The third-order valence-corrected chi connectivity index (χ3v) is 18.9. The first kappa shape index (κ1) is 107. The number of pyridine rings is 3. The number of piperazine rings is 1. The number of likely N-dealkylation sites (N-methyl/N-ethyl adjacent to an activating group) is 1. The molecule has 0 saturated carbocycles. The molecule has 2 fully saturated rings.